The molecule has 6 heteroatoms. The van der Waals surface area contributed by atoms with Gasteiger partial charge in [0.25, 0.3) is 0 Å². The van der Waals surface area contributed by atoms with Crippen LogP contribution in [0.1, 0.15) is 10.4 Å². The van der Waals surface area contributed by atoms with E-state index in [2.05, 4.69) is 9.97 Å². The number of aromatic nitrogens is 2. The van der Waals surface area contributed by atoms with Crippen molar-refractivity contribution in [2.75, 3.05) is 0 Å². The molecule has 0 saturated carbocycles. The molecule has 19 heavy (non-hydrogen) atoms. The summed E-state index contributed by atoms with van der Waals surface area (Å²) in [5.74, 6) is -1.01. The van der Waals surface area contributed by atoms with Gasteiger partial charge in [0.2, 0.25) is 0 Å². The molecule has 0 saturated heterocycles. The van der Waals surface area contributed by atoms with Gasteiger partial charge in [-0.15, -0.1) is 11.3 Å². The zero-order valence-corrected chi connectivity index (χ0v) is 11.1. The fraction of sp³-hybridized carbons (Fsp3) is 0. The lowest BCUT2D eigenvalue weighted by Gasteiger charge is -2.06. The van der Waals surface area contributed by atoms with Crippen molar-refractivity contribution in [3.05, 3.63) is 46.4 Å². The number of carboxylic acids is 1. The minimum absolute atomic E-state index is 0.178. The minimum Gasteiger partial charge on any atom is -0.478 e. The van der Waals surface area contributed by atoms with Gasteiger partial charge >= 0.3 is 5.97 Å². The lowest BCUT2D eigenvalue weighted by Crippen LogP contribution is -2.00. The molecule has 3 rings (SSSR count). The van der Waals surface area contributed by atoms with Gasteiger partial charge in [-0.2, -0.15) is 0 Å². The Morgan fingerprint density at radius 3 is 2.89 bits per heavy atom. The number of para-hydroxylation sites is 1. The predicted octanol–water partition coefficient (Wildman–Crippen LogP) is 3.71. The van der Waals surface area contributed by atoms with Gasteiger partial charge in [0.1, 0.15) is 10.7 Å². The van der Waals surface area contributed by atoms with Crippen LogP contribution in [0.25, 0.3) is 21.6 Å². The number of hydrogen-bond donors (Lipinski definition) is 1. The number of aromatic carboxylic acids is 1. The van der Waals surface area contributed by atoms with E-state index in [9.17, 15) is 9.90 Å². The summed E-state index contributed by atoms with van der Waals surface area (Å²) in [6.45, 7) is 0. The van der Waals surface area contributed by atoms with E-state index >= 15 is 0 Å². The van der Waals surface area contributed by atoms with E-state index in [-0.39, 0.29) is 5.56 Å². The van der Waals surface area contributed by atoms with Crippen LogP contribution >= 0.6 is 22.9 Å². The third-order valence-electron chi connectivity index (χ3n) is 2.67. The normalized spacial score (nSPS) is 10.8. The SMILES string of the molecule is O=C(O)c1cc(-c2nccs2)nc2c(Cl)cccc12. The van der Waals surface area contributed by atoms with Gasteiger partial charge in [0.15, 0.2) is 0 Å². The number of pyridine rings is 1. The van der Waals surface area contributed by atoms with Crippen LogP contribution in [0, 0.1) is 0 Å². The Hall–Kier alpha value is -1.98. The predicted molar refractivity (Wildman–Crippen MR) is 74.8 cm³/mol. The fourth-order valence-corrected chi connectivity index (χ4v) is 2.66. The summed E-state index contributed by atoms with van der Waals surface area (Å²) in [4.78, 5) is 19.9. The lowest BCUT2D eigenvalue weighted by molar-refractivity contribution is 0.0699. The van der Waals surface area contributed by atoms with E-state index in [4.69, 9.17) is 11.6 Å². The Bertz CT molecular complexity index is 772. The van der Waals surface area contributed by atoms with Crippen molar-refractivity contribution in [1.29, 1.82) is 0 Å². The number of fused-ring (bicyclic) bond motifs is 1. The summed E-state index contributed by atoms with van der Waals surface area (Å²) in [6.07, 6.45) is 1.65. The molecule has 2 heterocycles. The molecule has 0 amide bonds. The topological polar surface area (TPSA) is 63.1 Å². The molecule has 0 aliphatic heterocycles. The summed E-state index contributed by atoms with van der Waals surface area (Å²) in [7, 11) is 0. The molecular weight excluding hydrogens is 284 g/mol. The average molecular weight is 291 g/mol. The highest BCUT2D eigenvalue weighted by Gasteiger charge is 2.15. The molecule has 0 radical (unpaired) electrons. The van der Waals surface area contributed by atoms with Crippen LogP contribution in [-0.2, 0) is 0 Å². The van der Waals surface area contributed by atoms with Gasteiger partial charge in [-0.25, -0.2) is 14.8 Å². The van der Waals surface area contributed by atoms with Crippen LogP contribution in [0.4, 0.5) is 0 Å². The molecule has 0 aliphatic carbocycles. The number of hydrogen-bond acceptors (Lipinski definition) is 4. The Kier molecular flexibility index (Phi) is 2.93. The van der Waals surface area contributed by atoms with E-state index in [0.29, 0.717) is 26.6 Å². The zero-order chi connectivity index (χ0) is 13.4. The molecule has 3 aromatic rings. The molecule has 0 atom stereocenters. The smallest absolute Gasteiger partial charge is 0.336 e. The third kappa shape index (κ3) is 2.07. The van der Waals surface area contributed by atoms with E-state index in [1.165, 1.54) is 17.4 Å². The standard InChI is InChI=1S/C13H7ClN2O2S/c14-9-3-1-2-7-8(13(17)18)6-10(16-11(7)9)12-15-4-5-19-12/h1-6H,(H,17,18). The monoisotopic (exact) mass is 290 g/mol. The number of benzene rings is 1. The first-order chi connectivity index (χ1) is 9.16. The van der Waals surface area contributed by atoms with Gasteiger partial charge < -0.3 is 5.11 Å². The Labute approximate surface area is 117 Å². The molecule has 0 spiro atoms. The molecule has 94 valence electrons. The van der Waals surface area contributed by atoms with Crippen molar-refractivity contribution < 1.29 is 9.90 Å². The molecule has 4 nitrogen and oxygen atoms in total. The van der Waals surface area contributed by atoms with Crippen LogP contribution in [0.15, 0.2) is 35.8 Å². The van der Waals surface area contributed by atoms with Crippen molar-refractivity contribution in [2.24, 2.45) is 0 Å². The second-order valence-corrected chi connectivity index (χ2v) is 5.14. The summed E-state index contributed by atoms with van der Waals surface area (Å²) in [6, 6.07) is 6.62. The number of thiazole rings is 1. The summed E-state index contributed by atoms with van der Waals surface area (Å²) in [5, 5.41) is 12.7. The third-order valence-corrected chi connectivity index (χ3v) is 3.77. The second-order valence-electron chi connectivity index (χ2n) is 3.83. The first kappa shape index (κ1) is 12.1. The van der Waals surface area contributed by atoms with Crippen molar-refractivity contribution in [3.63, 3.8) is 0 Å². The van der Waals surface area contributed by atoms with Crippen LogP contribution in [-0.4, -0.2) is 21.0 Å². The van der Waals surface area contributed by atoms with Gasteiger partial charge in [0, 0.05) is 17.0 Å². The molecular formula is C13H7ClN2O2S. The minimum atomic E-state index is -1.01. The summed E-state index contributed by atoms with van der Waals surface area (Å²) in [5.41, 5.74) is 1.18. The summed E-state index contributed by atoms with van der Waals surface area (Å²) >= 11 is 7.50. The lowest BCUT2D eigenvalue weighted by atomic mass is 10.1. The molecule has 1 N–H and O–H groups in total. The van der Waals surface area contributed by atoms with E-state index in [1.54, 1.807) is 24.4 Å². The highest BCUT2D eigenvalue weighted by molar-refractivity contribution is 7.13. The number of carboxylic acid groups (broad SMARTS) is 1. The molecule has 2 aromatic heterocycles. The molecule has 1 aromatic carbocycles. The average Bonchev–Trinajstić information content (AvgIpc) is 2.92. The first-order valence-electron chi connectivity index (χ1n) is 5.39. The van der Waals surface area contributed by atoms with Crippen LogP contribution in [0.3, 0.4) is 0 Å². The van der Waals surface area contributed by atoms with Crippen molar-refractivity contribution in [1.82, 2.24) is 9.97 Å². The highest BCUT2D eigenvalue weighted by Crippen LogP contribution is 2.29. The maximum absolute atomic E-state index is 11.4. The number of rotatable bonds is 2. The Balaban J connectivity index is 2.38. The quantitative estimate of drug-likeness (QED) is 0.781. The second kappa shape index (κ2) is 4.60. The maximum Gasteiger partial charge on any atom is 0.336 e. The summed E-state index contributed by atoms with van der Waals surface area (Å²) < 4.78 is 0. The van der Waals surface area contributed by atoms with Crippen molar-refractivity contribution >= 4 is 39.8 Å². The molecule has 0 bridgehead atoms. The first-order valence-corrected chi connectivity index (χ1v) is 6.65. The molecule has 0 unspecified atom stereocenters. The molecule has 0 aliphatic rings. The Morgan fingerprint density at radius 2 is 2.21 bits per heavy atom. The highest BCUT2D eigenvalue weighted by atomic mass is 35.5. The molecule has 0 fully saturated rings. The van der Waals surface area contributed by atoms with E-state index < -0.39 is 5.97 Å². The van der Waals surface area contributed by atoms with Gasteiger partial charge in [-0.1, -0.05) is 23.7 Å². The van der Waals surface area contributed by atoms with E-state index in [1.807, 2.05) is 5.38 Å². The van der Waals surface area contributed by atoms with Gasteiger partial charge in [-0.3, -0.25) is 0 Å². The largest absolute Gasteiger partial charge is 0.478 e. The fourth-order valence-electron chi connectivity index (χ4n) is 1.85. The van der Waals surface area contributed by atoms with Crippen LogP contribution in [0.5, 0.6) is 0 Å². The van der Waals surface area contributed by atoms with Gasteiger partial charge in [0.05, 0.1) is 16.1 Å². The van der Waals surface area contributed by atoms with E-state index in [0.717, 1.165) is 0 Å². The van der Waals surface area contributed by atoms with Crippen molar-refractivity contribution in [2.45, 2.75) is 0 Å². The zero-order valence-electron chi connectivity index (χ0n) is 9.50. The number of nitrogens with zero attached hydrogens (tertiary/aromatic N) is 2. The number of carbonyl (C=O) groups is 1. The van der Waals surface area contributed by atoms with Gasteiger partial charge in [-0.05, 0) is 12.1 Å². The number of halogens is 1. The Morgan fingerprint density at radius 1 is 1.37 bits per heavy atom. The van der Waals surface area contributed by atoms with Crippen molar-refractivity contribution in [3.8, 4) is 10.7 Å². The maximum atomic E-state index is 11.4. The van der Waals surface area contributed by atoms with Crippen LogP contribution in [0.2, 0.25) is 5.02 Å². The van der Waals surface area contributed by atoms with Crippen LogP contribution < -0.4 is 0 Å².